The van der Waals surface area contributed by atoms with Crippen LogP contribution < -0.4 is 5.11 Å². The van der Waals surface area contributed by atoms with E-state index in [4.69, 9.17) is 0 Å². The SMILES string of the molecule is CCCCCCCCCCCCC1=NCC[N+]1(CC(=O)[O-])C(C)O. The molecule has 1 heterocycles. The number of aliphatic carboxylic acids is 1. The first-order valence-corrected chi connectivity index (χ1v) is 9.81. The van der Waals surface area contributed by atoms with Crippen molar-refractivity contribution in [2.75, 3.05) is 19.6 Å². The van der Waals surface area contributed by atoms with E-state index in [0.29, 0.717) is 13.1 Å². The van der Waals surface area contributed by atoms with E-state index in [1.807, 2.05) is 0 Å². The summed E-state index contributed by atoms with van der Waals surface area (Å²) >= 11 is 0. The molecule has 0 radical (unpaired) electrons. The van der Waals surface area contributed by atoms with E-state index >= 15 is 0 Å². The van der Waals surface area contributed by atoms with Crippen molar-refractivity contribution in [1.29, 1.82) is 0 Å². The molecule has 0 fully saturated rings. The molecule has 5 nitrogen and oxygen atoms in total. The first kappa shape index (κ1) is 21.1. The normalized spacial score (nSPS) is 21.7. The summed E-state index contributed by atoms with van der Waals surface area (Å²) in [6.07, 6.45) is 12.8. The van der Waals surface area contributed by atoms with Gasteiger partial charge in [-0.2, -0.15) is 0 Å². The van der Waals surface area contributed by atoms with Gasteiger partial charge in [-0.3, -0.25) is 0 Å². The van der Waals surface area contributed by atoms with E-state index in [-0.39, 0.29) is 11.0 Å². The molecule has 0 saturated carbocycles. The third-order valence-electron chi connectivity index (χ3n) is 5.19. The number of amidine groups is 1. The molecule has 0 aromatic heterocycles. The Kier molecular flexibility index (Phi) is 10.2. The summed E-state index contributed by atoms with van der Waals surface area (Å²) in [6, 6.07) is 0. The number of carbonyl (C=O) groups excluding carboxylic acids is 1. The molecule has 0 aromatic carbocycles. The zero-order valence-electron chi connectivity index (χ0n) is 15.6. The largest absolute Gasteiger partial charge is 0.544 e. The number of rotatable bonds is 14. The second-order valence-electron chi connectivity index (χ2n) is 7.15. The summed E-state index contributed by atoms with van der Waals surface area (Å²) in [6.45, 7) is 4.90. The molecule has 2 unspecified atom stereocenters. The van der Waals surface area contributed by atoms with Gasteiger partial charge in [-0.05, 0) is 6.42 Å². The Hall–Kier alpha value is -0.940. The maximum Gasteiger partial charge on any atom is 0.200 e. The van der Waals surface area contributed by atoms with Crippen LogP contribution in [0.1, 0.15) is 84.5 Å². The minimum Gasteiger partial charge on any atom is -0.544 e. The molecule has 0 saturated heterocycles. The van der Waals surface area contributed by atoms with Gasteiger partial charge in [0.2, 0.25) is 5.84 Å². The highest BCUT2D eigenvalue weighted by Gasteiger charge is 2.41. The fourth-order valence-electron chi connectivity index (χ4n) is 3.63. The summed E-state index contributed by atoms with van der Waals surface area (Å²) in [5.74, 6) is -0.276. The van der Waals surface area contributed by atoms with E-state index in [1.165, 1.54) is 51.4 Å². The number of aliphatic imine (C=N–C) groups is 1. The number of aliphatic hydroxyl groups excluding tert-OH is 1. The third kappa shape index (κ3) is 6.89. The van der Waals surface area contributed by atoms with Gasteiger partial charge in [-0.25, -0.2) is 9.48 Å². The number of carboxylic acid groups (broad SMARTS) is 1. The number of carboxylic acids is 1. The minimum atomic E-state index is -1.12. The Morgan fingerprint density at radius 3 is 2.17 bits per heavy atom. The summed E-state index contributed by atoms with van der Waals surface area (Å²) in [4.78, 5) is 15.5. The second-order valence-corrected chi connectivity index (χ2v) is 7.15. The van der Waals surface area contributed by atoms with E-state index in [2.05, 4.69) is 11.9 Å². The van der Waals surface area contributed by atoms with Crippen molar-refractivity contribution in [3.63, 3.8) is 0 Å². The number of carbonyl (C=O) groups is 1. The van der Waals surface area contributed by atoms with E-state index in [0.717, 1.165) is 25.1 Å². The fourth-order valence-corrected chi connectivity index (χ4v) is 3.63. The van der Waals surface area contributed by atoms with Crippen LogP contribution in [0, 0.1) is 0 Å². The van der Waals surface area contributed by atoms with Gasteiger partial charge in [0.25, 0.3) is 0 Å². The van der Waals surface area contributed by atoms with Crippen molar-refractivity contribution >= 4 is 11.8 Å². The Morgan fingerprint density at radius 2 is 1.67 bits per heavy atom. The van der Waals surface area contributed by atoms with Crippen molar-refractivity contribution in [3.05, 3.63) is 0 Å². The summed E-state index contributed by atoms with van der Waals surface area (Å²) in [7, 11) is 0. The number of quaternary nitrogens is 1. The molecule has 1 rings (SSSR count). The number of unbranched alkanes of at least 4 members (excludes halogenated alkanes) is 9. The maximum atomic E-state index is 11.1. The number of hydrogen-bond donors (Lipinski definition) is 1. The van der Waals surface area contributed by atoms with Crippen LogP contribution in [0.25, 0.3) is 0 Å². The molecule has 1 aliphatic heterocycles. The van der Waals surface area contributed by atoms with Crippen LogP contribution >= 0.6 is 0 Å². The van der Waals surface area contributed by atoms with Crippen molar-refractivity contribution in [2.24, 2.45) is 4.99 Å². The highest BCUT2D eigenvalue weighted by molar-refractivity contribution is 5.79. The molecule has 0 spiro atoms. The first-order valence-electron chi connectivity index (χ1n) is 9.81. The highest BCUT2D eigenvalue weighted by atomic mass is 16.4. The summed E-state index contributed by atoms with van der Waals surface area (Å²) < 4.78 is 0.0692. The predicted molar refractivity (Wildman–Crippen MR) is 95.4 cm³/mol. The number of aliphatic hydroxyl groups is 1. The van der Waals surface area contributed by atoms with Crippen molar-refractivity contribution in [1.82, 2.24) is 0 Å². The van der Waals surface area contributed by atoms with Crippen molar-refractivity contribution < 1.29 is 19.5 Å². The summed E-state index contributed by atoms with van der Waals surface area (Å²) in [5, 5.41) is 21.1. The molecule has 2 atom stereocenters. The number of nitrogens with zero attached hydrogens (tertiary/aromatic N) is 2. The van der Waals surface area contributed by atoms with Crippen LogP contribution in [0.5, 0.6) is 0 Å². The zero-order valence-corrected chi connectivity index (χ0v) is 15.6. The zero-order chi connectivity index (χ0) is 17.8. The smallest absolute Gasteiger partial charge is 0.200 e. The minimum absolute atomic E-state index is 0.0692. The fraction of sp³-hybridized carbons (Fsp3) is 0.895. The molecule has 5 heteroatoms. The molecule has 0 aliphatic carbocycles. The van der Waals surface area contributed by atoms with Crippen LogP contribution in [0.2, 0.25) is 0 Å². The van der Waals surface area contributed by atoms with Crippen LogP contribution in [0.4, 0.5) is 0 Å². The topological polar surface area (TPSA) is 72.7 Å². The Morgan fingerprint density at radius 1 is 1.12 bits per heavy atom. The Balaban J connectivity index is 2.20. The van der Waals surface area contributed by atoms with Crippen molar-refractivity contribution in [3.8, 4) is 0 Å². The quantitative estimate of drug-likeness (QED) is 0.390. The Labute approximate surface area is 147 Å². The third-order valence-corrected chi connectivity index (χ3v) is 5.19. The van der Waals surface area contributed by atoms with E-state index in [9.17, 15) is 15.0 Å². The van der Waals surface area contributed by atoms with Crippen LogP contribution in [0.3, 0.4) is 0 Å². The molecular weight excluding hydrogens is 304 g/mol. The number of hydrogen-bond acceptors (Lipinski definition) is 4. The molecule has 140 valence electrons. The van der Waals surface area contributed by atoms with Crippen LogP contribution in [-0.4, -0.2) is 47.3 Å². The predicted octanol–water partition coefficient (Wildman–Crippen LogP) is 2.61. The molecule has 0 amide bonds. The van der Waals surface area contributed by atoms with Gasteiger partial charge in [-0.1, -0.05) is 64.7 Å². The van der Waals surface area contributed by atoms with E-state index in [1.54, 1.807) is 6.92 Å². The lowest BCUT2D eigenvalue weighted by atomic mass is 10.1. The molecular formula is C19H36N2O3. The molecule has 1 aliphatic rings. The first-order chi connectivity index (χ1) is 11.5. The van der Waals surface area contributed by atoms with Gasteiger partial charge >= 0.3 is 0 Å². The second kappa shape index (κ2) is 11.6. The summed E-state index contributed by atoms with van der Waals surface area (Å²) in [5.41, 5.74) is 0. The van der Waals surface area contributed by atoms with Gasteiger partial charge in [0, 0.05) is 13.3 Å². The lowest BCUT2D eigenvalue weighted by Gasteiger charge is -2.37. The van der Waals surface area contributed by atoms with Gasteiger partial charge < -0.3 is 15.0 Å². The Bertz CT molecular complexity index is 396. The standard InChI is InChI=1S/C19H36N2O3/c1-3-4-5-6-7-8-9-10-11-12-13-18-20-14-15-21(18,17(2)22)16-19(23)24/h17,22H,3-16H2,1-2H3. The molecule has 0 bridgehead atoms. The lowest BCUT2D eigenvalue weighted by molar-refractivity contribution is -0.878. The average molecular weight is 341 g/mol. The average Bonchev–Trinajstić information content (AvgIpc) is 2.92. The van der Waals surface area contributed by atoms with Crippen LogP contribution in [0.15, 0.2) is 4.99 Å². The van der Waals surface area contributed by atoms with Gasteiger partial charge in [0.15, 0.2) is 6.23 Å². The highest BCUT2D eigenvalue weighted by Crippen LogP contribution is 2.23. The lowest BCUT2D eigenvalue weighted by Crippen LogP contribution is -2.61. The van der Waals surface area contributed by atoms with Gasteiger partial charge in [0.05, 0.1) is 12.5 Å². The van der Waals surface area contributed by atoms with Crippen LogP contribution in [-0.2, 0) is 4.79 Å². The van der Waals surface area contributed by atoms with Gasteiger partial charge in [-0.15, -0.1) is 0 Å². The van der Waals surface area contributed by atoms with E-state index < -0.39 is 12.2 Å². The van der Waals surface area contributed by atoms with Crippen molar-refractivity contribution in [2.45, 2.75) is 90.7 Å². The molecule has 24 heavy (non-hydrogen) atoms. The monoisotopic (exact) mass is 340 g/mol. The molecule has 1 N–H and O–H groups in total. The van der Waals surface area contributed by atoms with Gasteiger partial charge in [0.1, 0.15) is 13.1 Å². The molecule has 0 aromatic rings. The maximum absolute atomic E-state index is 11.1.